The number of carbonyl (C=O) groups is 1. The molecule has 9 nitrogen and oxygen atoms in total. The van der Waals surface area contributed by atoms with E-state index in [2.05, 4.69) is 19.1 Å². The molecule has 2 aromatic heterocycles. The molecule has 28 heavy (non-hydrogen) atoms. The summed E-state index contributed by atoms with van der Waals surface area (Å²) in [6.45, 7) is 5.48. The average molecular weight is 406 g/mol. The van der Waals surface area contributed by atoms with Gasteiger partial charge in [-0.3, -0.25) is 0 Å². The minimum Gasteiger partial charge on any atom is -0.497 e. The molecule has 148 valence electrons. The van der Waals surface area contributed by atoms with E-state index in [0.29, 0.717) is 13.1 Å². The second-order valence-electron chi connectivity index (χ2n) is 5.97. The van der Waals surface area contributed by atoms with Crippen LogP contribution in [-0.4, -0.2) is 27.6 Å². The number of anilines is 2. The number of nitrogens with two attached hydrogens (primary N) is 2. The van der Waals surface area contributed by atoms with E-state index in [0.717, 1.165) is 22.6 Å². The molecular formula is C18H22ClN6O3+. The molecule has 3 rings (SSSR count). The summed E-state index contributed by atoms with van der Waals surface area (Å²) < 4.78 is 15.0. The highest BCUT2D eigenvalue weighted by atomic mass is 35.5. The van der Waals surface area contributed by atoms with E-state index in [9.17, 15) is 4.79 Å². The first-order valence-corrected chi connectivity index (χ1v) is 9.13. The summed E-state index contributed by atoms with van der Waals surface area (Å²) >= 11 is 5.84. The Kier molecular flexibility index (Phi) is 5.55. The van der Waals surface area contributed by atoms with Gasteiger partial charge in [-0.15, -0.1) is 0 Å². The number of rotatable bonds is 6. The largest absolute Gasteiger partial charge is 0.497 e. The Balaban J connectivity index is 1.96. The van der Waals surface area contributed by atoms with Crippen molar-refractivity contribution in [3.05, 3.63) is 34.9 Å². The highest BCUT2D eigenvalue weighted by Crippen LogP contribution is 2.22. The lowest BCUT2D eigenvalue weighted by Crippen LogP contribution is -2.37. The Morgan fingerprint density at radius 1 is 1.25 bits per heavy atom. The number of halogens is 1. The summed E-state index contributed by atoms with van der Waals surface area (Å²) in [5, 5.41) is -0.0976. The number of hydrogen-bond acceptors (Lipinski definition) is 7. The van der Waals surface area contributed by atoms with Gasteiger partial charge in [0.25, 0.3) is 5.82 Å². The molecule has 0 fully saturated rings. The van der Waals surface area contributed by atoms with Crippen LogP contribution in [0.5, 0.6) is 5.75 Å². The van der Waals surface area contributed by atoms with Gasteiger partial charge in [0.05, 0.1) is 20.2 Å². The van der Waals surface area contributed by atoms with E-state index in [-0.39, 0.29) is 29.1 Å². The first-order chi connectivity index (χ1) is 13.4. The topological polar surface area (TPSA) is 122 Å². The predicted molar refractivity (Wildman–Crippen MR) is 105 cm³/mol. The Labute approximate surface area is 166 Å². The van der Waals surface area contributed by atoms with Crippen molar-refractivity contribution in [2.75, 3.05) is 18.6 Å². The van der Waals surface area contributed by atoms with Crippen LogP contribution < -0.4 is 20.8 Å². The molecule has 0 radical (unpaired) electrons. The van der Waals surface area contributed by atoms with Crippen LogP contribution in [0.3, 0.4) is 0 Å². The lowest BCUT2D eigenvalue weighted by atomic mass is 10.3. The van der Waals surface area contributed by atoms with Crippen molar-refractivity contribution in [3.63, 3.8) is 0 Å². The van der Waals surface area contributed by atoms with Gasteiger partial charge in [0.1, 0.15) is 5.75 Å². The summed E-state index contributed by atoms with van der Waals surface area (Å²) in [6.07, 6.45) is 0. The first kappa shape index (κ1) is 19.7. The van der Waals surface area contributed by atoms with Crippen LogP contribution in [-0.2, 0) is 24.4 Å². The van der Waals surface area contributed by atoms with Gasteiger partial charge in [-0.1, -0.05) is 11.6 Å². The molecule has 0 aliphatic carbocycles. The third kappa shape index (κ3) is 3.40. The molecule has 0 amide bonds. The molecule has 0 saturated heterocycles. The van der Waals surface area contributed by atoms with Crippen molar-refractivity contribution in [1.29, 1.82) is 0 Å². The third-order valence-electron chi connectivity index (χ3n) is 4.45. The van der Waals surface area contributed by atoms with Gasteiger partial charge in [-0.2, -0.15) is 0 Å². The van der Waals surface area contributed by atoms with Gasteiger partial charge < -0.3 is 20.9 Å². The summed E-state index contributed by atoms with van der Waals surface area (Å²) in [5.41, 5.74) is 13.1. The van der Waals surface area contributed by atoms with E-state index in [4.69, 9.17) is 32.5 Å². The normalized spacial score (nSPS) is 11.0. The number of carbonyl (C=O) groups excluding carboxylic acids is 1. The molecule has 0 spiro atoms. The van der Waals surface area contributed by atoms with Gasteiger partial charge in [-0.25, -0.2) is 23.9 Å². The van der Waals surface area contributed by atoms with E-state index in [1.165, 1.54) is 0 Å². The second-order valence-corrected chi connectivity index (χ2v) is 6.33. The van der Waals surface area contributed by atoms with Crippen molar-refractivity contribution in [3.8, 4) is 5.75 Å². The fourth-order valence-corrected chi connectivity index (χ4v) is 3.28. The van der Waals surface area contributed by atoms with E-state index in [1.54, 1.807) is 7.11 Å². The maximum absolute atomic E-state index is 12.5. The molecule has 0 bridgehead atoms. The number of esters is 1. The van der Waals surface area contributed by atoms with Crippen LogP contribution in [0.1, 0.15) is 30.2 Å². The number of hydrogen-bond donors (Lipinski definition) is 2. The van der Waals surface area contributed by atoms with Gasteiger partial charge in [0, 0.05) is 6.07 Å². The van der Waals surface area contributed by atoms with Crippen molar-refractivity contribution in [1.82, 2.24) is 14.5 Å². The van der Waals surface area contributed by atoms with Gasteiger partial charge in [0.15, 0.2) is 40.1 Å². The Morgan fingerprint density at radius 2 is 2.00 bits per heavy atom. The van der Waals surface area contributed by atoms with Crippen molar-refractivity contribution in [2.24, 2.45) is 0 Å². The molecule has 0 aliphatic heterocycles. The second kappa shape index (κ2) is 7.89. The SMILES string of the molecule is CCn1c(COC(=O)c2nc(Cl)c(N)nc2N)[n+](CC)c2ccc(OC)cc21. The minimum atomic E-state index is -0.722. The van der Waals surface area contributed by atoms with Crippen LogP contribution in [0.2, 0.25) is 5.15 Å². The number of aryl methyl sites for hydroxylation is 2. The van der Waals surface area contributed by atoms with Gasteiger partial charge >= 0.3 is 5.97 Å². The van der Waals surface area contributed by atoms with Crippen molar-refractivity contribution in [2.45, 2.75) is 33.5 Å². The molecule has 4 N–H and O–H groups in total. The smallest absolute Gasteiger partial charge is 0.361 e. The number of ether oxygens (including phenoxy) is 2. The minimum absolute atomic E-state index is 0.0284. The fourth-order valence-electron chi connectivity index (χ4n) is 3.15. The molecular weight excluding hydrogens is 384 g/mol. The quantitative estimate of drug-likeness (QED) is 0.474. The first-order valence-electron chi connectivity index (χ1n) is 8.75. The maximum atomic E-state index is 12.5. The molecule has 2 heterocycles. The number of nitrogens with zero attached hydrogens (tertiary/aromatic N) is 4. The summed E-state index contributed by atoms with van der Waals surface area (Å²) in [4.78, 5) is 20.2. The number of fused-ring (bicyclic) bond motifs is 1. The Morgan fingerprint density at radius 3 is 2.64 bits per heavy atom. The standard InChI is InChI=1S/C18H21ClN6O3/c1-4-24-11-7-6-10(27-3)8-12(11)25(5-2)13(24)9-28-18(26)14-16(20)23-17(21)15(19)22-14/h6-8H,4-5,9H2,1-3H3,(H3-,20,21,23,26)/p+1. The zero-order valence-corrected chi connectivity index (χ0v) is 16.7. The molecule has 0 aliphatic rings. The number of aromatic nitrogens is 4. The van der Waals surface area contributed by atoms with Gasteiger partial charge in [0.2, 0.25) is 0 Å². The number of nitrogen functional groups attached to an aromatic ring is 2. The highest BCUT2D eigenvalue weighted by molar-refractivity contribution is 6.31. The highest BCUT2D eigenvalue weighted by Gasteiger charge is 2.26. The van der Waals surface area contributed by atoms with Crippen LogP contribution in [0.4, 0.5) is 11.6 Å². The predicted octanol–water partition coefficient (Wildman–Crippen LogP) is 1.94. The molecule has 0 atom stereocenters. The molecule has 0 unspecified atom stereocenters. The third-order valence-corrected chi connectivity index (χ3v) is 4.73. The lowest BCUT2D eigenvalue weighted by Gasteiger charge is -2.07. The van der Waals surface area contributed by atoms with Crippen LogP contribution in [0, 0.1) is 0 Å². The molecule has 10 heteroatoms. The van der Waals surface area contributed by atoms with Crippen LogP contribution >= 0.6 is 11.6 Å². The molecule has 1 aromatic carbocycles. The summed E-state index contributed by atoms with van der Waals surface area (Å²) in [6, 6.07) is 5.84. The lowest BCUT2D eigenvalue weighted by molar-refractivity contribution is -0.678. The maximum Gasteiger partial charge on any atom is 0.361 e. The Hall–Kier alpha value is -3.07. The summed E-state index contributed by atoms with van der Waals surface area (Å²) in [5.74, 6) is 0.691. The van der Waals surface area contributed by atoms with Crippen LogP contribution in [0.15, 0.2) is 18.2 Å². The van der Waals surface area contributed by atoms with E-state index < -0.39 is 5.97 Å². The summed E-state index contributed by atoms with van der Waals surface area (Å²) in [7, 11) is 1.63. The molecule has 3 aromatic rings. The van der Waals surface area contributed by atoms with E-state index >= 15 is 0 Å². The number of imidazole rings is 1. The van der Waals surface area contributed by atoms with Crippen LogP contribution in [0.25, 0.3) is 11.0 Å². The zero-order valence-electron chi connectivity index (χ0n) is 15.9. The van der Waals surface area contributed by atoms with Crippen molar-refractivity contribution < 1.29 is 18.8 Å². The van der Waals surface area contributed by atoms with Gasteiger partial charge in [-0.05, 0) is 26.0 Å². The molecule has 0 saturated carbocycles. The average Bonchev–Trinajstić information content (AvgIpc) is 3.00. The fraction of sp³-hybridized carbons (Fsp3) is 0.333. The number of methoxy groups -OCH3 is 1. The number of benzene rings is 1. The monoisotopic (exact) mass is 405 g/mol. The zero-order chi connectivity index (χ0) is 20.4. The Bertz CT molecular complexity index is 1050. The van der Waals surface area contributed by atoms with Crippen molar-refractivity contribution >= 4 is 40.2 Å². The van der Waals surface area contributed by atoms with E-state index in [1.807, 2.05) is 32.0 Å².